The first-order valence-corrected chi connectivity index (χ1v) is 11.5. The number of rotatable bonds is 10. The predicted molar refractivity (Wildman–Crippen MR) is 123 cm³/mol. The minimum Gasteiger partial charge on any atom is -0.365 e. The highest BCUT2D eigenvalue weighted by molar-refractivity contribution is 5.93. The van der Waals surface area contributed by atoms with E-state index in [0.717, 1.165) is 12.1 Å². The molecule has 2 atom stereocenters. The van der Waals surface area contributed by atoms with Crippen molar-refractivity contribution in [3.63, 3.8) is 0 Å². The van der Waals surface area contributed by atoms with Gasteiger partial charge in [0.1, 0.15) is 17.2 Å². The maximum absolute atomic E-state index is 14.1. The van der Waals surface area contributed by atoms with Crippen LogP contribution < -0.4 is 11.1 Å². The number of carbonyl (C=O) groups is 2. The average Bonchev–Trinajstić information content (AvgIpc) is 3.57. The molecule has 1 heterocycles. The number of pyridine rings is 1. The molecule has 36 heavy (non-hydrogen) atoms. The fourth-order valence-electron chi connectivity index (χ4n) is 4.46. The number of nitrogens with zero attached hydrogens (tertiary/aromatic N) is 2. The smallest absolute Gasteiger partial charge is 0.365 e. The first-order valence-electron chi connectivity index (χ1n) is 11.5. The molecule has 3 N–H and O–H groups in total. The second-order valence-electron chi connectivity index (χ2n) is 9.57. The van der Waals surface area contributed by atoms with E-state index in [-0.39, 0.29) is 37.8 Å². The van der Waals surface area contributed by atoms with E-state index < -0.39 is 52.6 Å². The Morgan fingerprint density at radius 2 is 1.78 bits per heavy atom. The summed E-state index contributed by atoms with van der Waals surface area (Å²) in [4.78, 5) is 29.9. The third-order valence-corrected chi connectivity index (χ3v) is 6.83. The van der Waals surface area contributed by atoms with Crippen LogP contribution in [0.2, 0.25) is 0 Å². The highest BCUT2D eigenvalue weighted by Crippen LogP contribution is 2.66. The number of aryl methyl sites for hydroxylation is 1. The molecule has 0 aliphatic heterocycles. The van der Waals surface area contributed by atoms with Gasteiger partial charge >= 0.3 is 6.18 Å². The van der Waals surface area contributed by atoms with Crippen LogP contribution in [0.3, 0.4) is 0 Å². The molecule has 11 heteroatoms. The van der Waals surface area contributed by atoms with Gasteiger partial charge in [0, 0.05) is 36.8 Å². The molecule has 0 saturated heterocycles. The molecule has 1 fully saturated rings. The van der Waals surface area contributed by atoms with Crippen molar-refractivity contribution in [1.29, 1.82) is 0 Å². The molecule has 1 aromatic heterocycles. The van der Waals surface area contributed by atoms with E-state index in [4.69, 9.17) is 5.73 Å². The summed E-state index contributed by atoms with van der Waals surface area (Å²) in [6, 6.07) is 4.78. The first-order chi connectivity index (χ1) is 16.7. The molecular formula is C25H29F5N4O2. The van der Waals surface area contributed by atoms with Crippen LogP contribution in [-0.2, 0) is 11.2 Å². The van der Waals surface area contributed by atoms with Crippen LogP contribution in [0.25, 0.3) is 0 Å². The van der Waals surface area contributed by atoms with Crippen LogP contribution in [0.4, 0.5) is 22.0 Å². The lowest BCUT2D eigenvalue weighted by Crippen LogP contribution is -2.42. The van der Waals surface area contributed by atoms with Crippen molar-refractivity contribution in [2.24, 2.45) is 11.1 Å². The van der Waals surface area contributed by atoms with Gasteiger partial charge in [0.05, 0.1) is 5.41 Å². The van der Waals surface area contributed by atoms with E-state index in [1.807, 2.05) is 0 Å². The van der Waals surface area contributed by atoms with Crippen LogP contribution in [0.15, 0.2) is 30.5 Å². The standard InChI is InChI=1S/C25H29F5N4O2/c1-14-4-5-16(12-32-14)18(24(6-7-24)25(28,29)30)11-21(35)33-13-17(34(2)3)8-15-9-19(26)22(23(31)36)20(27)10-15/h4-5,9-10,12,17-18H,6-8,11,13H2,1-3H3,(H2,31,36)(H,33,35)/t17-,18?/m0/s1. The van der Waals surface area contributed by atoms with Crippen molar-refractivity contribution in [3.8, 4) is 0 Å². The minimum atomic E-state index is -4.46. The summed E-state index contributed by atoms with van der Waals surface area (Å²) in [6.45, 7) is 1.76. The van der Waals surface area contributed by atoms with Gasteiger partial charge in [-0.25, -0.2) is 8.78 Å². The lowest BCUT2D eigenvalue weighted by molar-refractivity contribution is -0.194. The van der Waals surface area contributed by atoms with E-state index in [0.29, 0.717) is 11.3 Å². The molecule has 196 valence electrons. The lowest BCUT2D eigenvalue weighted by Gasteiger charge is -2.30. The fraction of sp³-hybridized carbons (Fsp3) is 0.480. The molecule has 1 aliphatic rings. The average molecular weight is 513 g/mol. The number of halogens is 5. The highest BCUT2D eigenvalue weighted by Gasteiger charge is 2.67. The Balaban J connectivity index is 1.72. The molecule has 6 nitrogen and oxygen atoms in total. The number of nitrogens with one attached hydrogen (secondary N) is 1. The van der Waals surface area contributed by atoms with Crippen molar-refractivity contribution in [3.05, 3.63) is 64.5 Å². The molecule has 2 aromatic rings. The van der Waals surface area contributed by atoms with Crippen LogP contribution in [-0.4, -0.2) is 54.6 Å². The van der Waals surface area contributed by atoms with Gasteiger partial charge in [-0.3, -0.25) is 14.6 Å². The summed E-state index contributed by atoms with van der Waals surface area (Å²) in [6.07, 6.45) is -3.44. The molecule has 3 rings (SSSR count). The fourth-order valence-corrected chi connectivity index (χ4v) is 4.46. The van der Waals surface area contributed by atoms with Crippen molar-refractivity contribution < 1.29 is 31.5 Å². The van der Waals surface area contributed by atoms with Crippen LogP contribution in [0.1, 0.15) is 52.4 Å². The minimum absolute atomic E-state index is 0.0323. The molecule has 1 unspecified atom stereocenters. The van der Waals surface area contributed by atoms with Gasteiger partial charge in [0.2, 0.25) is 5.91 Å². The van der Waals surface area contributed by atoms with E-state index in [1.54, 1.807) is 38.1 Å². The van der Waals surface area contributed by atoms with Crippen LogP contribution >= 0.6 is 0 Å². The van der Waals surface area contributed by atoms with Gasteiger partial charge in [-0.2, -0.15) is 13.2 Å². The Hall–Kier alpha value is -3.08. The number of aromatic nitrogens is 1. The van der Waals surface area contributed by atoms with Gasteiger partial charge < -0.3 is 16.0 Å². The highest BCUT2D eigenvalue weighted by atomic mass is 19.4. The maximum atomic E-state index is 14.1. The summed E-state index contributed by atoms with van der Waals surface area (Å²) in [5.74, 6) is -5.04. The zero-order chi connectivity index (χ0) is 26.8. The summed E-state index contributed by atoms with van der Waals surface area (Å²) < 4.78 is 70.1. The second-order valence-corrected chi connectivity index (χ2v) is 9.57. The van der Waals surface area contributed by atoms with E-state index in [1.165, 1.54) is 6.20 Å². The number of hydrogen-bond donors (Lipinski definition) is 2. The van der Waals surface area contributed by atoms with E-state index in [9.17, 15) is 31.5 Å². The lowest BCUT2D eigenvalue weighted by atomic mass is 9.80. The van der Waals surface area contributed by atoms with Crippen LogP contribution in [0, 0.1) is 24.0 Å². The van der Waals surface area contributed by atoms with Gasteiger partial charge in [-0.15, -0.1) is 0 Å². The summed E-state index contributed by atoms with van der Waals surface area (Å²) in [5.41, 5.74) is 3.46. The largest absolute Gasteiger partial charge is 0.395 e. The number of alkyl halides is 3. The predicted octanol–water partition coefficient (Wildman–Crippen LogP) is 3.87. The van der Waals surface area contributed by atoms with Gasteiger partial charge in [-0.05, 0) is 69.6 Å². The monoisotopic (exact) mass is 512 g/mol. The number of carbonyl (C=O) groups excluding carboxylic acids is 2. The van der Waals surface area contributed by atoms with E-state index >= 15 is 0 Å². The summed E-state index contributed by atoms with van der Waals surface area (Å²) in [7, 11) is 3.40. The number of amides is 2. The van der Waals surface area contributed by atoms with Crippen molar-refractivity contribution in [1.82, 2.24) is 15.2 Å². The Kier molecular flexibility index (Phi) is 8.02. The van der Waals surface area contributed by atoms with Crippen LogP contribution in [0.5, 0.6) is 0 Å². The van der Waals surface area contributed by atoms with Gasteiger partial charge in [-0.1, -0.05) is 6.07 Å². The third-order valence-electron chi connectivity index (χ3n) is 6.83. The first kappa shape index (κ1) is 27.5. The SMILES string of the molecule is Cc1ccc(C(CC(=O)NC[C@H](Cc2cc(F)c(C(N)=O)c(F)c2)N(C)C)C2(C(F)(F)F)CC2)cn1. The number of likely N-dealkylation sites (N-methyl/N-ethyl adjacent to an activating group) is 1. The van der Waals surface area contributed by atoms with Crippen molar-refractivity contribution >= 4 is 11.8 Å². The number of primary amides is 1. The zero-order valence-electron chi connectivity index (χ0n) is 20.3. The molecule has 1 aliphatic carbocycles. The van der Waals surface area contributed by atoms with E-state index in [2.05, 4.69) is 10.3 Å². The Morgan fingerprint density at radius 1 is 1.17 bits per heavy atom. The third kappa shape index (κ3) is 6.00. The molecule has 2 amide bonds. The normalized spacial score (nSPS) is 16.5. The Bertz CT molecular complexity index is 1090. The topological polar surface area (TPSA) is 88.3 Å². The maximum Gasteiger partial charge on any atom is 0.395 e. The molecule has 0 radical (unpaired) electrons. The number of nitrogens with two attached hydrogens (primary N) is 1. The number of benzene rings is 1. The molecule has 0 spiro atoms. The zero-order valence-corrected chi connectivity index (χ0v) is 20.3. The molecular weight excluding hydrogens is 483 g/mol. The van der Waals surface area contributed by atoms with Gasteiger partial charge in [0.15, 0.2) is 0 Å². The second kappa shape index (κ2) is 10.5. The van der Waals surface area contributed by atoms with Crippen molar-refractivity contribution in [2.75, 3.05) is 20.6 Å². The summed E-state index contributed by atoms with van der Waals surface area (Å²) in [5, 5.41) is 2.68. The molecule has 0 bridgehead atoms. The number of hydrogen-bond acceptors (Lipinski definition) is 4. The summed E-state index contributed by atoms with van der Waals surface area (Å²) >= 11 is 0. The van der Waals surface area contributed by atoms with Gasteiger partial charge in [0.25, 0.3) is 5.91 Å². The van der Waals surface area contributed by atoms with Crippen molar-refractivity contribution in [2.45, 2.75) is 50.7 Å². The molecule has 1 aromatic carbocycles. The Labute approximate surface area is 206 Å². The molecule has 1 saturated carbocycles. The Morgan fingerprint density at radius 3 is 2.22 bits per heavy atom. The quantitative estimate of drug-likeness (QED) is 0.473.